The smallest absolute Gasteiger partial charge is 0.119 e. The molecule has 1 aromatic heterocycles. The molecule has 1 aromatic rings. The van der Waals surface area contributed by atoms with Crippen LogP contribution in [0.5, 0.6) is 0 Å². The second-order valence-corrected chi connectivity index (χ2v) is 2.78. The summed E-state index contributed by atoms with van der Waals surface area (Å²) < 4.78 is 5.42. The van der Waals surface area contributed by atoms with Crippen molar-refractivity contribution in [3.63, 3.8) is 0 Å². The van der Waals surface area contributed by atoms with E-state index in [4.69, 9.17) is 10.8 Å². The fourth-order valence-corrected chi connectivity index (χ4v) is 0.897. The number of aryl methyl sites for hydroxylation is 2. The topological polar surface area (TPSA) is 13.1 Å². The zero-order chi connectivity index (χ0) is 8.43. The first-order chi connectivity index (χ1) is 5.15. The maximum atomic E-state index is 5.42. The van der Waals surface area contributed by atoms with Gasteiger partial charge in [-0.25, -0.2) is 0 Å². The Bertz CT molecular complexity index is 269. The zero-order valence-electron chi connectivity index (χ0n) is 7.14. The van der Waals surface area contributed by atoms with Crippen molar-refractivity contribution in [2.45, 2.75) is 26.7 Å². The second-order valence-electron chi connectivity index (χ2n) is 2.78. The highest BCUT2D eigenvalue weighted by atomic mass is 16.3. The van der Waals surface area contributed by atoms with Gasteiger partial charge in [0.1, 0.15) is 11.5 Å². The van der Waals surface area contributed by atoms with E-state index < -0.39 is 0 Å². The Balaban J connectivity index is 2.99. The van der Waals surface area contributed by atoms with Crippen molar-refractivity contribution in [2.24, 2.45) is 0 Å². The summed E-state index contributed by atoms with van der Waals surface area (Å²) >= 11 is 0. The Labute approximate surface area is 67.4 Å². The maximum absolute atomic E-state index is 5.42. The van der Waals surface area contributed by atoms with Gasteiger partial charge in [0.2, 0.25) is 0 Å². The third-order valence-corrected chi connectivity index (χ3v) is 1.86. The molecule has 1 heteroatoms. The van der Waals surface area contributed by atoms with Crippen molar-refractivity contribution >= 4 is 0 Å². The molecule has 0 spiro atoms. The third-order valence-electron chi connectivity index (χ3n) is 1.86. The lowest BCUT2D eigenvalue weighted by atomic mass is 10.1. The minimum absolute atomic E-state index is 0.0856. The molecule has 0 saturated heterocycles. The van der Waals surface area contributed by atoms with E-state index >= 15 is 0 Å². The number of rotatable bonds is 1. The van der Waals surface area contributed by atoms with Crippen LogP contribution in [0.4, 0.5) is 0 Å². The van der Waals surface area contributed by atoms with Gasteiger partial charge in [-0.05, 0) is 32.4 Å². The number of hydrogen-bond acceptors (Lipinski definition) is 1. The van der Waals surface area contributed by atoms with Crippen LogP contribution >= 0.6 is 0 Å². The zero-order valence-corrected chi connectivity index (χ0v) is 7.14. The highest BCUT2D eigenvalue weighted by Crippen LogP contribution is 2.20. The monoisotopic (exact) mass is 148 g/mol. The molecule has 0 aliphatic heterocycles. The Morgan fingerprint density at radius 1 is 1.55 bits per heavy atom. The summed E-state index contributed by atoms with van der Waals surface area (Å²) in [6.07, 6.45) is 5.25. The Morgan fingerprint density at radius 3 is 2.55 bits per heavy atom. The summed E-state index contributed by atoms with van der Waals surface area (Å²) in [5.41, 5.74) is 1.17. The highest BCUT2D eigenvalue weighted by molar-refractivity contribution is 5.24. The maximum Gasteiger partial charge on any atom is 0.119 e. The minimum Gasteiger partial charge on any atom is -0.465 e. The molecular formula is C10H12O. The predicted octanol–water partition coefficient (Wildman–Crippen LogP) is 2.63. The molecule has 1 heterocycles. The van der Waals surface area contributed by atoms with E-state index in [1.807, 2.05) is 26.8 Å². The van der Waals surface area contributed by atoms with Gasteiger partial charge in [0.15, 0.2) is 0 Å². The molecule has 0 radical (unpaired) electrons. The molecule has 0 aliphatic rings. The van der Waals surface area contributed by atoms with Gasteiger partial charge in [-0.2, -0.15) is 0 Å². The van der Waals surface area contributed by atoms with E-state index in [-0.39, 0.29) is 5.92 Å². The van der Waals surface area contributed by atoms with Crippen molar-refractivity contribution in [1.82, 2.24) is 0 Å². The number of terminal acetylenes is 1. The fourth-order valence-electron chi connectivity index (χ4n) is 0.897. The van der Waals surface area contributed by atoms with E-state index in [1.54, 1.807) is 0 Å². The van der Waals surface area contributed by atoms with Crippen LogP contribution in [-0.4, -0.2) is 0 Å². The average molecular weight is 148 g/mol. The van der Waals surface area contributed by atoms with Gasteiger partial charge in [0.25, 0.3) is 0 Å². The van der Waals surface area contributed by atoms with E-state index in [2.05, 4.69) is 5.92 Å². The van der Waals surface area contributed by atoms with Gasteiger partial charge in [-0.15, -0.1) is 6.42 Å². The molecule has 0 aromatic carbocycles. The van der Waals surface area contributed by atoms with E-state index in [1.165, 1.54) is 5.56 Å². The quantitative estimate of drug-likeness (QED) is 0.558. The summed E-state index contributed by atoms with van der Waals surface area (Å²) in [6, 6.07) is 2.00. The molecule has 1 nitrogen and oxygen atoms in total. The molecule has 58 valence electrons. The van der Waals surface area contributed by atoms with Gasteiger partial charge in [-0.1, -0.05) is 5.92 Å². The number of hydrogen-bond donors (Lipinski definition) is 0. The SMILES string of the molecule is C#C[C@@H](C)c1cc(C)c(C)o1. The molecule has 0 saturated carbocycles. The molecule has 0 unspecified atom stereocenters. The lowest BCUT2D eigenvalue weighted by Gasteiger charge is -1.95. The Hall–Kier alpha value is -1.16. The van der Waals surface area contributed by atoms with Gasteiger partial charge in [-0.3, -0.25) is 0 Å². The molecule has 1 rings (SSSR count). The fraction of sp³-hybridized carbons (Fsp3) is 0.400. The summed E-state index contributed by atoms with van der Waals surface area (Å²) in [5, 5.41) is 0. The summed E-state index contributed by atoms with van der Waals surface area (Å²) in [6.45, 7) is 5.92. The molecule has 1 atom stereocenters. The summed E-state index contributed by atoms with van der Waals surface area (Å²) in [4.78, 5) is 0. The van der Waals surface area contributed by atoms with Crippen LogP contribution in [-0.2, 0) is 0 Å². The van der Waals surface area contributed by atoms with Crippen LogP contribution < -0.4 is 0 Å². The van der Waals surface area contributed by atoms with Gasteiger partial charge < -0.3 is 4.42 Å². The lowest BCUT2D eigenvalue weighted by molar-refractivity contribution is 0.476. The van der Waals surface area contributed by atoms with Crippen molar-refractivity contribution in [2.75, 3.05) is 0 Å². The normalized spacial score (nSPS) is 12.5. The molecule has 0 aliphatic carbocycles. The van der Waals surface area contributed by atoms with Crippen LogP contribution in [0, 0.1) is 26.2 Å². The minimum atomic E-state index is 0.0856. The lowest BCUT2D eigenvalue weighted by Crippen LogP contribution is -1.83. The van der Waals surface area contributed by atoms with Crippen LogP contribution in [0.25, 0.3) is 0 Å². The third kappa shape index (κ3) is 1.46. The summed E-state index contributed by atoms with van der Waals surface area (Å²) in [7, 11) is 0. The van der Waals surface area contributed by atoms with Crippen LogP contribution in [0.1, 0.15) is 29.9 Å². The Morgan fingerprint density at radius 2 is 2.18 bits per heavy atom. The van der Waals surface area contributed by atoms with E-state index in [9.17, 15) is 0 Å². The van der Waals surface area contributed by atoms with E-state index in [0.29, 0.717) is 0 Å². The molecule has 0 fully saturated rings. The molecule has 11 heavy (non-hydrogen) atoms. The highest BCUT2D eigenvalue weighted by Gasteiger charge is 2.07. The number of furan rings is 1. The van der Waals surface area contributed by atoms with Crippen molar-refractivity contribution < 1.29 is 4.42 Å². The standard InChI is InChI=1S/C10H12O/c1-5-7(2)10-6-8(3)9(4)11-10/h1,6-7H,2-4H3/t7-/m1/s1. The molecule has 0 amide bonds. The van der Waals surface area contributed by atoms with Gasteiger partial charge in [0.05, 0.1) is 5.92 Å². The van der Waals surface area contributed by atoms with Gasteiger partial charge >= 0.3 is 0 Å². The van der Waals surface area contributed by atoms with E-state index in [0.717, 1.165) is 11.5 Å². The van der Waals surface area contributed by atoms with Crippen LogP contribution in [0.3, 0.4) is 0 Å². The first-order valence-electron chi connectivity index (χ1n) is 3.68. The predicted molar refractivity (Wildman–Crippen MR) is 45.4 cm³/mol. The van der Waals surface area contributed by atoms with Crippen molar-refractivity contribution in [3.8, 4) is 12.3 Å². The average Bonchev–Trinajstić information content (AvgIpc) is 2.31. The van der Waals surface area contributed by atoms with Crippen LogP contribution in [0.15, 0.2) is 10.5 Å². The van der Waals surface area contributed by atoms with Crippen molar-refractivity contribution in [1.29, 1.82) is 0 Å². The second kappa shape index (κ2) is 2.84. The summed E-state index contributed by atoms with van der Waals surface area (Å²) in [5.74, 6) is 4.57. The van der Waals surface area contributed by atoms with Crippen molar-refractivity contribution in [3.05, 3.63) is 23.2 Å². The molecular weight excluding hydrogens is 136 g/mol. The first kappa shape index (κ1) is 7.94. The Kier molecular flexibility index (Phi) is 2.05. The molecule has 0 bridgehead atoms. The first-order valence-corrected chi connectivity index (χ1v) is 3.68. The largest absolute Gasteiger partial charge is 0.465 e. The molecule has 0 N–H and O–H groups in total. The van der Waals surface area contributed by atoms with Crippen LogP contribution in [0.2, 0.25) is 0 Å². The van der Waals surface area contributed by atoms with Gasteiger partial charge in [0, 0.05) is 0 Å².